The average Bonchev–Trinajstić information content (AvgIpc) is 2.45. The molecule has 1 aromatic rings. The van der Waals surface area contributed by atoms with E-state index >= 15 is 0 Å². The molecule has 0 radical (unpaired) electrons. The normalized spacial score (nSPS) is 12.1. The van der Waals surface area contributed by atoms with Crippen molar-refractivity contribution in [1.29, 1.82) is 0 Å². The van der Waals surface area contributed by atoms with Crippen LogP contribution >= 0.6 is 0 Å². The van der Waals surface area contributed by atoms with Crippen molar-refractivity contribution in [2.75, 3.05) is 0 Å². The van der Waals surface area contributed by atoms with E-state index in [-0.39, 0.29) is 11.5 Å². The van der Waals surface area contributed by atoms with Crippen LogP contribution in [0.25, 0.3) is 0 Å². The van der Waals surface area contributed by atoms with Gasteiger partial charge in [-0.3, -0.25) is 4.79 Å². The van der Waals surface area contributed by atoms with Crippen molar-refractivity contribution in [3.05, 3.63) is 11.4 Å². The molecule has 0 aromatic carbocycles. The van der Waals surface area contributed by atoms with Gasteiger partial charge in [-0.2, -0.15) is 0 Å². The van der Waals surface area contributed by atoms with Gasteiger partial charge in [-0.1, -0.05) is 26.0 Å². The lowest BCUT2D eigenvalue weighted by Gasteiger charge is -2.21. The Morgan fingerprint density at radius 2 is 1.93 bits per heavy atom. The molecule has 14 heavy (non-hydrogen) atoms. The molecule has 1 aromatic heterocycles. The van der Waals surface area contributed by atoms with E-state index in [4.69, 9.17) is 0 Å². The molecule has 78 valence electrons. The van der Waals surface area contributed by atoms with Gasteiger partial charge in [0.05, 0.1) is 5.69 Å². The predicted molar refractivity (Wildman–Crippen MR) is 54.5 cm³/mol. The third kappa shape index (κ3) is 1.84. The van der Waals surface area contributed by atoms with Crippen LogP contribution in [0.5, 0.6) is 0 Å². The Labute approximate surface area is 84.3 Å². The topological polar surface area (TPSA) is 47.8 Å². The first-order valence-electron chi connectivity index (χ1n) is 4.78. The van der Waals surface area contributed by atoms with Crippen LogP contribution in [-0.4, -0.2) is 21.3 Å². The molecule has 0 amide bonds. The zero-order valence-corrected chi connectivity index (χ0v) is 9.40. The molecule has 0 saturated heterocycles. The van der Waals surface area contributed by atoms with E-state index in [1.165, 1.54) is 0 Å². The van der Waals surface area contributed by atoms with Gasteiger partial charge in [-0.05, 0) is 13.8 Å². The first kappa shape index (κ1) is 10.9. The van der Waals surface area contributed by atoms with Gasteiger partial charge < -0.3 is 0 Å². The van der Waals surface area contributed by atoms with E-state index in [0.29, 0.717) is 5.69 Å². The molecule has 0 saturated carbocycles. The lowest BCUT2D eigenvalue weighted by Crippen LogP contribution is -2.21. The molecular weight excluding hydrogens is 178 g/mol. The Bertz CT molecular complexity index is 334. The van der Waals surface area contributed by atoms with Gasteiger partial charge in [0, 0.05) is 11.5 Å². The largest absolute Gasteiger partial charge is 0.296 e. The number of carbonyl (C=O) groups is 1. The Morgan fingerprint density at radius 1 is 1.36 bits per heavy atom. The standard InChI is InChI=1S/C10H17N3O/c1-7(2)13-9(10(3,4)5)8(6-14)11-12-13/h6-7H,1-5H3. The summed E-state index contributed by atoms with van der Waals surface area (Å²) >= 11 is 0. The number of hydrogen-bond acceptors (Lipinski definition) is 3. The number of nitrogens with zero attached hydrogens (tertiary/aromatic N) is 3. The fourth-order valence-corrected chi connectivity index (χ4v) is 1.47. The summed E-state index contributed by atoms with van der Waals surface area (Å²) in [7, 11) is 0. The molecule has 1 heterocycles. The summed E-state index contributed by atoms with van der Waals surface area (Å²) in [6, 6.07) is 0.227. The minimum atomic E-state index is -0.107. The Hall–Kier alpha value is -1.19. The van der Waals surface area contributed by atoms with Gasteiger partial charge in [-0.15, -0.1) is 5.10 Å². The van der Waals surface area contributed by atoms with E-state index < -0.39 is 0 Å². The number of hydrogen-bond donors (Lipinski definition) is 0. The average molecular weight is 195 g/mol. The van der Waals surface area contributed by atoms with E-state index in [9.17, 15) is 4.79 Å². The summed E-state index contributed by atoms with van der Waals surface area (Å²) < 4.78 is 1.81. The van der Waals surface area contributed by atoms with Crippen molar-refractivity contribution in [1.82, 2.24) is 15.0 Å². The Kier molecular flexibility index (Phi) is 2.73. The molecule has 0 aliphatic heterocycles. The third-order valence-electron chi connectivity index (χ3n) is 2.03. The molecular formula is C10H17N3O. The van der Waals surface area contributed by atoms with Gasteiger partial charge in [0.25, 0.3) is 0 Å². The molecule has 0 bridgehead atoms. The number of aromatic nitrogens is 3. The van der Waals surface area contributed by atoms with Crippen molar-refractivity contribution in [2.45, 2.75) is 46.1 Å². The summed E-state index contributed by atoms with van der Waals surface area (Å²) in [5, 5.41) is 7.86. The van der Waals surface area contributed by atoms with Crippen molar-refractivity contribution < 1.29 is 4.79 Å². The predicted octanol–water partition coefficient (Wildman–Crippen LogP) is 1.97. The summed E-state index contributed by atoms with van der Waals surface area (Å²) in [4.78, 5) is 10.8. The maximum Gasteiger partial charge on any atom is 0.172 e. The number of rotatable bonds is 2. The first-order chi connectivity index (χ1) is 6.38. The second-order valence-electron chi connectivity index (χ2n) is 4.73. The highest BCUT2D eigenvalue weighted by molar-refractivity contribution is 5.73. The zero-order chi connectivity index (χ0) is 10.9. The maximum atomic E-state index is 10.8. The monoisotopic (exact) mass is 195 g/mol. The van der Waals surface area contributed by atoms with Gasteiger partial charge >= 0.3 is 0 Å². The maximum absolute atomic E-state index is 10.8. The minimum Gasteiger partial charge on any atom is -0.296 e. The molecule has 0 unspecified atom stereocenters. The Balaban J connectivity index is 3.34. The number of carbonyl (C=O) groups excluding carboxylic acids is 1. The fourth-order valence-electron chi connectivity index (χ4n) is 1.47. The summed E-state index contributed by atoms with van der Waals surface area (Å²) in [6.45, 7) is 10.2. The smallest absolute Gasteiger partial charge is 0.172 e. The van der Waals surface area contributed by atoms with E-state index in [2.05, 4.69) is 31.1 Å². The van der Waals surface area contributed by atoms with Crippen LogP contribution < -0.4 is 0 Å². The van der Waals surface area contributed by atoms with E-state index in [1.807, 2.05) is 18.5 Å². The third-order valence-corrected chi connectivity index (χ3v) is 2.03. The van der Waals surface area contributed by atoms with Gasteiger partial charge in [0.1, 0.15) is 5.69 Å². The minimum absolute atomic E-state index is 0.107. The van der Waals surface area contributed by atoms with Crippen molar-refractivity contribution in [3.8, 4) is 0 Å². The summed E-state index contributed by atoms with van der Waals surface area (Å²) in [5.41, 5.74) is 1.25. The van der Waals surface area contributed by atoms with Gasteiger partial charge in [0.2, 0.25) is 0 Å². The van der Waals surface area contributed by atoms with Gasteiger partial charge in [-0.25, -0.2) is 4.68 Å². The van der Waals surface area contributed by atoms with Crippen LogP contribution in [0, 0.1) is 0 Å². The lowest BCUT2D eigenvalue weighted by molar-refractivity contribution is 0.111. The molecule has 4 nitrogen and oxygen atoms in total. The second kappa shape index (κ2) is 3.52. The van der Waals surface area contributed by atoms with E-state index in [0.717, 1.165) is 12.0 Å². The van der Waals surface area contributed by atoms with Crippen LogP contribution in [0.3, 0.4) is 0 Å². The van der Waals surface area contributed by atoms with Crippen LogP contribution in [0.2, 0.25) is 0 Å². The lowest BCUT2D eigenvalue weighted by atomic mass is 9.90. The van der Waals surface area contributed by atoms with E-state index in [1.54, 1.807) is 0 Å². The molecule has 0 atom stereocenters. The number of aldehydes is 1. The second-order valence-corrected chi connectivity index (χ2v) is 4.73. The summed E-state index contributed by atoms with van der Waals surface area (Å²) in [5.74, 6) is 0. The van der Waals surface area contributed by atoms with Crippen LogP contribution in [0.1, 0.15) is 56.8 Å². The quantitative estimate of drug-likeness (QED) is 0.678. The molecule has 4 heteroatoms. The van der Waals surface area contributed by atoms with Crippen molar-refractivity contribution >= 4 is 6.29 Å². The zero-order valence-electron chi connectivity index (χ0n) is 9.40. The molecule has 0 fully saturated rings. The van der Waals surface area contributed by atoms with Crippen molar-refractivity contribution in [3.63, 3.8) is 0 Å². The molecule has 0 aliphatic rings. The van der Waals surface area contributed by atoms with Crippen molar-refractivity contribution in [2.24, 2.45) is 0 Å². The highest BCUT2D eigenvalue weighted by Gasteiger charge is 2.25. The SMILES string of the molecule is CC(C)n1nnc(C=O)c1C(C)(C)C. The molecule has 1 rings (SSSR count). The molecule has 0 aliphatic carbocycles. The Morgan fingerprint density at radius 3 is 2.29 bits per heavy atom. The highest BCUT2D eigenvalue weighted by atomic mass is 16.1. The van der Waals surface area contributed by atoms with Gasteiger partial charge in [0.15, 0.2) is 6.29 Å². The van der Waals surface area contributed by atoms with Crippen LogP contribution in [-0.2, 0) is 5.41 Å². The fraction of sp³-hybridized carbons (Fsp3) is 0.700. The highest BCUT2D eigenvalue weighted by Crippen LogP contribution is 2.25. The molecule has 0 N–H and O–H groups in total. The van der Waals surface area contributed by atoms with Crippen LogP contribution in [0.15, 0.2) is 0 Å². The molecule has 0 spiro atoms. The summed E-state index contributed by atoms with van der Waals surface area (Å²) in [6.07, 6.45) is 0.770. The van der Waals surface area contributed by atoms with Crippen LogP contribution in [0.4, 0.5) is 0 Å². The first-order valence-corrected chi connectivity index (χ1v) is 4.78.